The van der Waals surface area contributed by atoms with Gasteiger partial charge in [-0.05, 0) is 64.3 Å². The Morgan fingerprint density at radius 2 is 2.05 bits per heavy atom. The number of aryl methyl sites for hydroxylation is 2. The molecular weight excluding hydrogens is 565 g/mol. The first-order valence-electron chi connectivity index (χ1n) is 13.6. The molecule has 3 aromatic rings. The van der Waals surface area contributed by atoms with Crippen LogP contribution in [0.4, 0.5) is 0 Å². The summed E-state index contributed by atoms with van der Waals surface area (Å²) in [5.74, 6) is 0.695. The number of ether oxygens (including phenoxy) is 1. The maximum absolute atomic E-state index is 14.3. The number of nitrogens with two attached hydrogens (primary N) is 1. The van der Waals surface area contributed by atoms with E-state index in [9.17, 15) is 10.1 Å². The summed E-state index contributed by atoms with van der Waals surface area (Å²) < 4.78 is 7.90. The number of likely N-dealkylation sites (tertiary alicyclic amines) is 1. The SMILES string of the molecule is CN1CCC[C@H]1COc1cc(-c2ccn(C)n2)nc(/C(N)=C2\CCC[C@@]3(CCCc4s[c-]c(C#N)c43)C2=O)n1.[Mn]. The van der Waals surface area contributed by atoms with E-state index in [2.05, 4.69) is 33.5 Å². The standard InChI is InChI=1S/C29H32N7O2S.Mn/c1-35-12-5-6-19(35)16-38-24-14-22(21-9-13-36(2)34-21)32-28(33-24)26(31)20-7-3-10-29(27(20)37)11-4-8-23-25(29)18(15-30)17-39-23;/h9,13-14,19H,3-8,10-12,16,31H2,1-2H3;/q-1;/b26-20-;/t19-,29-;/m0./s1. The number of likely N-dealkylation sites (N-methyl/N-ethyl adjacent to an activating group) is 1. The average molecular weight is 598 g/mol. The Morgan fingerprint density at radius 3 is 2.75 bits per heavy atom. The third kappa shape index (κ3) is 4.99. The second-order valence-electron chi connectivity index (χ2n) is 10.9. The van der Waals surface area contributed by atoms with E-state index in [1.165, 1.54) is 11.3 Å². The smallest absolute Gasteiger partial charge is 0.217 e. The van der Waals surface area contributed by atoms with Crippen molar-refractivity contribution in [1.82, 2.24) is 24.6 Å². The van der Waals surface area contributed by atoms with Crippen molar-refractivity contribution in [1.29, 1.82) is 5.26 Å². The molecule has 0 bridgehead atoms. The average Bonchev–Trinajstić information content (AvgIpc) is 3.68. The summed E-state index contributed by atoms with van der Waals surface area (Å²) in [7, 11) is 3.96. The molecule has 3 aliphatic rings. The largest absolute Gasteiger partial charge is 0.476 e. The molecule has 1 radical (unpaired) electrons. The number of aromatic nitrogens is 4. The third-order valence-corrected chi connectivity index (χ3v) is 9.44. The summed E-state index contributed by atoms with van der Waals surface area (Å²) in [4.78, 5) is 27.1. The minimum atomic E-state index is -0.724. The zero-order chi connectivity index (χ0) is 27.1. The van der Waals surface area contributed by atoms with Gasteiger partial charge in [0.05, 0.1) is 11.4 Å². The zero-order valence-electron chi connectivity index (χ0n) is 22.7. The maximum atomic E-state index is 14.3. The molecule has 11 heteroatoms. The van der Waals surface area contributed by atoms with Crippen LogP contribution in [-0.2, 0) is 40.7 Å². The molecule has 0 amide bonds. The van der Waals surface area contributed by atoms with Crippen LogP contribution < -0.4 is 10.5 Å². The molecule has 6 rings (SSSR count). The molecular formula is C29H32MnN7O2S-. The molecule has 2 N–H and O–H groups in total. The number of carbonyl (C=O) groups is 1. The number of thiophene rings is 1. The predicted octanol–water partition coefficient (Wildman–Crippen LogP) is 3.78. The van der Waals surface area contributed by atoms with E-state index in [1.807, 2.05) is 19.3 Å². The van der Waals surface area contributed by atoms with Gasteiger partial charge in [0.2, 0.25) is 5.88 Å². The zero-order valence-corrected chi connectivity index (χ0v) is 24.7. The van der Waals surface area contributed by atoms with Crippen molar-refractivity contribution in [3.63, 3.8) is 0 Å². The van der Waals surface area contributed by atoms with E-state index < -0.39 is 5.41 Å². The second kappa shape index (κ2) is 11.5. The number of fused-ring (bicyclic) bond motifs is 2. The van der Waals surface area contributed by atoms with Gasteiger partial charge >= 0.3 is 0 Å². The normalized spacial score (nSPS) is 23.9. The monoisotopic (exact) mass is 597 g/mol. The first-order chi connectivity index (χ1) is 18.9. The Hall–Kier alpha value is -3.03. The summed E-state index contributed by atoms with van der Waals surface area (Å²) in [5, 5.41) is 17.4. The predicted molar refractivity (Wildman–Crippen MR) is 148 cm³/mol. The quantitative estimate of drug-likeness (QED) is 0.268. The summed E-state index contributed by atoms with van der Waals surface area (Å²) >= 11 is 1.47. The molecule has 209 valence electrons. The number of nitrogens with zero attached hydrogens (tertiary/aromatic N) is 6. The van der Waals surface area contributed by atoms with Gasteiger partial charge < -0.3 is 15.4 Å². The van der Waals surface area contributed by atoms with Crippen molar-refractivity contribution in [2.45, 2.75) is 62.8 Å². The van der Waals surface area contributed by atoms with Crippen LogP contribution in [0.3, 0.4) is 0 Å². The van der Waals surface area contributed by atoms with Gasteiger partial charge in [0.25, 0.3) is 0 Å². The number of allylic oxidation sites excluding steroid dienone is 1. The molecule has 9 nitrogen and oxygen atoms in total. The number of hydrogen-bond acceptors (Lipinski definition) is 9. The van der Waals surface area contributed by atoms with Gasteiger partial charge in [-0.1, -0.05) is 23.8 Å². The molecule has 1 saturated heterocycles. The van der Waals surface area contributed by atoms with Crippen LogP contribution in [-0.4, -0.2) is 56.7 Å². The van der Waals surface area contributed by atoms with Gasteiger partial charge in [-0.15, -0.1) is 10.4 Å². The fourth-order valence-corrected chi connectivity index (χ4v) is 7.44. The topological polar surface area (TPSA) is 123 Å². The minimum Gasteiger partial charge on any atom is -0.476 e. The molecule has 0 aromatic carbocycles. The molecule has 1 saturated carbocycles. The van der Waals surface area contributed by atoms with Crippen molar-refractivity contribution in [3.05, 3.63) is 51.1 Å². The van der Waals surface area contributed by atoms with Crippen LogP contribution in [0, 0.1) is 16.7 Å². The van der Waals surface area contributed by atoms with Crippen LogP contribution >= 0.6 is 11.3 Å². The first kappa shape index (κ1) is 28.5. The second-order valence-corrected chi connectivity index (χ2v) is 11.8. The maximum Gasteiger partial charge on any atom is 0.217 e. The molecule has 1 aliphatic heterocycles. The van der Waals surface area contributed by atoms with Gasteiger partial charge in [0.15, 0.2) is 11.6 Å². The van der Waals surface area contributed by atoms with E-state index in [-0.39, 0.29) is 34.4 Å². The molecule has 3 aromatic heterocycles. The fourth-order valence-electron chi connectivity index (χ4n) is 6.42. The van der Waals surface area contributed by atoms with Crippen molar-refractivity contribution in [2.24, 2.45) is 12.8 Å². The van der Waals surface area contributed by atoms with E-state index in [4.69, 9.17) is 15.5 Å². The van der Waals surface area contributed by atoms with Gasteiger partial charge in [-0.2, -0.15) is 10.1 Å². The Morgan fingerprint density at radius 1 is 1.25 bits per heavy atom. The van der Waals surface area contributed by atoms with Gasteiger partial charge in [0, 0.05) is 53.4 Å². The Bertz CT molecular complexity index is 1510. The van der Waals surface area contributed by atoms with Gasteiger partial charge in [-0.3, -0.25) is 26.1 Å². The van der Waals surface area contributed by atoms with Crippen LogP contribution in [0.15, 0.2) is 23.9 Å². The van der Waals surface area contributed by atoms with E-state index in [0.29, 0.717) is 60.3 Å². The molecule has 2 atom stereocenters. The number of rotatable bonds is 5. The minimum absolute atomic E-state index is 0. The molecule has 1 spiro atoms. The number of nitriles is 1. The summed E-state index contributed by atoms with van der Waals surface area (Å²) in [5.41, 5.74) is 9.51. The van der Waals surface area contributed by atoms with Crippen LogP contribution in [0.1, 0.15) is 66.8 Å². The first-order valence-corrected chi connectivity index (χ1v) is 14.4. The summed E-state index contributed by atoms with van der Waals surface area (Å²) in [6, 6.07) is 6.28. The van der Waals surface area contributed by atoms with Crippen LogP contribution in [0.2, 0.25) is 0 Å². The van der Waals surface area contributed by atoms with E-state index >= 15 is 0 Å². The van der Waals surface area contributed by atoms with Crippen molar-refractivity contribution in [3.8, 4) is 23.3 Å². The number of hydrogen-bond donors (Lipinski definition) is 1. The Kier molecular flexibility index (Phi) is 8.16. The van der Waals surface area contributed by atoms with Crippen molar-refractivity contribution >= 4 is 22.8 Å². The Labute approximate surface area is 248 Å². The molecule has 40 heavy (non-hydrogen) atoms. The summed E-state index contributed by atoms with van der Waals surface area (Å²) in [6.45, 7) is 1.57. The van der Waals surface area contributed by atoms with E-state index in [1.54, 1.807) is 10.7 Å². The number of carbonyl (C=O) groups excluding carboxylic acids is 1. The fraction of sp³-hybridized carbons (Fsp3) is 0.483. The molecule has 4 heterocycles. The Balaban J connectivity index is 0.00000323. The van der Waals surface area contributed by atoms with Crippen molar-refractivity contribution in [2.75, 3.05) is 20.2 Å². The van der Waals surface area contributed by atoms with Gasteiger partial charge in [0.1, 0.15) is 12.3 Å². The molecule has 2 fully saturated rings. The van der Waals surface area contributed by atoms with Gasteiger partial charge in [-0.25, -0.2) is 4.98 Å². The van der Waals surface area contributed by atoms with Crippen molar-refractivity contribution < 1.29 is 26.6 Å². The number of Topliss-reactive ketones (excluding diaryl/α,β-unsaturated/α-hetero) is 1. The molecule has 2 aliphatic carbocycles. The van der Waals surface area contributed by atoms with Crippen LogP contribution in [0.5, 0.6) is 5.88 Å². The summed E-state index contributed by atoms with van der Waals surface area (Å²) in [6.07, 6.45) is 8.66. The van der Waals surface area contributed by atoms with E-state index in [0.717, 1.165) is 49.1 Å². The van der Waals surface area contributed by atoms with Crippen LogP contribution in [0.25, 0.3) is 17.1 Å². The number of ketones is 1. The third-order valence-electron chi connectivity index (χ3n) is 8.48. The molecule has 0 unspecified atom stereocenters.